The van der Waals surface area contributed by atoms with Gasteiger partial charge in [0, 0.05) is 44.6 Å². The first-order valence-corrected chi connectivity index (χ1v) is 14.1. The van der Waals surface area contributed by atoms with E-state index in [2.05, 4.69) is 66.2 Å². The number of nitrogens with zero attached hydrogens (tertiary/aromatic N) is 2. The monoisotopic (exact) mass is 536 g/mol. The number of methoxy groups -OCH3 is 1. The van der Waals surface area contributed by atoms with Gasteiger partial charge in [0.25, 0.3) is 0 Å². The second kappa shape index (κ2) is 11.0. The molecule has 0 saturated heterocycles. The largest absolute Gasteiger partial charge is 0.495 e. The first-order valence-electron chi connectivity index (χ1n) is 13.2. The number of thioether (sulfide) groups is 1. The van der Waals surface area contributed by atoms with E-state index in [4.69, 9.17) is 4.74 Å². The van der Waals surface area contributed by atoms with Crippen LogP contribution in [-0.2, 0) is 10.2 Å². The Labute approximate surface area is 234 Å². The minimum atomic E-state index is -0.453. The Morgan fingerprint density at radius 3 is 2.62 bits per heavy atom. The fourth-order valence-electron chi connectivity index (χ4n) is 5.08. The number of amides is 1. The molecule has 2 aromatic heterocycles. The van der Waals surface area contributed by atoms with E-state index in [9.17, 15) is 4.79 Å². The van der Waals surface area contributed by atoms with E-state index < -0.39 is 5.41 Å². The summed E-state index contributed by atoms with van der Waals surface area (Å²) >= 11 is 1.79. The maximum atomic E-state index is 12.7. The molecule has 198 valence electrons. The maximum absolute atomic E-state index is 12.7. The fourth-order valence-corrected chi connectivity index (χ4v) is 5.95. The van der Waals surface area contributed by atoms with E-state index in [1.807, 2.05) is 48.7 Å². The van der Waals surface area contributed by atoms with Crippen LogP contribution in [-0.4, -0.2) is 28.2 Å². The first kappa shape index (κ1) is 26.6. The van der Waals surface area contributed by atoms with Gasteiger partial charge in [-0.05, 0) is 66.8 Å². The molecule has 6 nitrogen and oxygen atoms in total. The van der Waals surface area contributed by atoms with Crippen molar-refractivity contribution in [2.45, 2.75) is 56.1 Å². The molecule has 1 amide bonds. The molecule has 2 N–H and O–H groups in total. The number of fused-ring (bicyclic) bond motifs is 2. The van der Waals surface area contributed by atoms with Crippen molar-refractivity contribution in [2.75, 3.05) is 17.7 Å². The van der Waals surface area contributed by atoms with Crippen molar-refractivity contribution >= 4 is 45.6 Å². The van der Waals surface area contributed by atoms with Crippen molar-refractivity contribution in [3.05, 3.63) is 77.7 Å². The summed E-state index contributed by atoms with van der Waals surface area (Å²) in [6, 6.07) is 16.0. The molecule has 0 atom stereocenters. The van der Waals surface area contributed by atoms with Crippen molar-refractivity contribution in [1.82, 2.24) is 9.97 Å². The average molecular weight is 537 g/mol. The van der Waals surface area contributed by atoms with Crippen LogP contribution in [0, 0.1) is 11.8 Å². The van der Waals surface area contributed by atoms with Gasteiger partial charge in [0.05, 0.1) is 18.2 Å². The maximum Gasteiger partial charge on any atom is 0.235 e. The molecule has 0 saturated carbocycles. The van der Waals surface area contributed by atoms with Crippen LogP contribution >= 0.6 is 11.8 Å². The van der Waals surface area contributed by atoms with Gasteiger partial charge in [-0.1, -0.05) is 39.7 Å². The molecule has 0 spiro atoms. The molecule has 0 unspecified atom stereocenters. The zero-order valence-corrected chi connectivity index (χ0v) is 23.7. The van der Waals surface area contributed by atoms with Crippen LogP contribution in [0.2, 0.25) is 0 Å². The summed E-state index contributed by atoms with van der Waals surface area (Å²) < 4.78 is 5.64. The smallest absolute Gasteiger partial charge is 0.235 e. The Kier molecular flexibility index (Phi) is 7.49. The van der Waals surface area contributed by atoms with Gasteiger partial charge in [0.1, 0.15) is 17.3 Å². The molecule has 0 radical (unpaired) electrons. The lowest BCUT2D eigenvalue weighted by atomic mass is 9.77. The van der Waals surface area contributed by atoms with Gasteiger partial charge < -0.3 is 15.4 Å². The lowest BCUT2D eigenvalue weighted by Gasteiger charge is -2.23. The highest BCUT2D eigenvalue weighted by molar-refractivity contribution is 7.99. The number of pyridine rings is 2. The third kappa shape index (κ3) is 5.17. The summed E-state index contributed by atoms with van der Waals surface area (Å²) in [6.45, 7) is 8.46. The lowest BCUT2D eigenvalue weighted by molar-refractivity contribution is -0.121. The summed E-state index contributed by atoms with van der Waals surface area (Å²) in [4.78, 5) is 23.0. The van der Waals surface area contributed by atoms with Gasteiger partial charge in [0.15, 0.2) is 0 Å². The molecule has 5 rings (SSSR count). The van der Waals surface area contributed by atoms with Gasteiger partial charge in [-0.2, -0.15) is 0 Å². The van der Waals surface area contributed by atoms with E-state index in [1.165, 1.54) is 0 Å². The van der Waals surface area contributed by atoms with E-state index in [1.54, 1.807) is 25.1 Å². The predicted octanol–water partition coefficient (Wildman–Crippen LogP) is 7.29. The summed E-state index contributed by atoms with van der Waals surface area (Å²) in [5.41, 5.74) is 3.78. The van der Waals surface area contributed by atoms with Crippen molar-refractivity contribution in [2.24, 2.45) is 0 Å². The summed E-state index contributed by atoms with van der Waals surface area (Å²) in [5, 5.41) is 8.79. The average Bonchev–Trinajstić information content (AvgIpc) is 3.22. The number of anilines is 3. The minimum absolute atomic E-state index is 0.0702. The summed E-state index contributed by atoms with van der Waals surface area (Å²) in [6.07, 6.45) is 5.10. The highest BCUT2D eigenvalue weighted by atomic mass is 32.2. The molecule has 3 heterocycles. The lowest BCUT2D eigenvalue weighted by Crippen LogP contribution is -2.32. The highest BCUT2D eigenvalue weighted by Crippen LogP contribution is 2.43. The Morgan fingerprint density at radius 2 is 1.87 bits per heavy atom. The van der Waals surface area contributed by atoms with Crippen molar-refractivity contribution in [1.29, 1.82) is 0 Å². The van der Waals surface area contributed by atoms with Crippen LogP contribution in [0.15, 0.2) is 65.8 Å². The van der Waals surface area contributed by atoms with Crippen LogP contribution in [0.5, 0.6) is 5.75 Å². The number of aromatic nitrogens is 2. The number of carbonyl (C=O) groups is 1. The number of rotatable bonds is 7. The van der Waals surface area contributed by atoms with Gasteiger partial charge in [0.2, 0.25) is 5.91 Å². The summed E-state index contributed by atoms with van der Waals surface area (Å²) in [7, 11) is 1.67. The predicted molar refractivity (Wildman–Crippen MR) is 160 cm³/mol. The number of ether oxygens (including phenoxy) is 1. The third-order valence-electron chi connectivity index (χ3n) is 7.21. The van der Waals surface area contributed by atoms with E-state index in [0.717, 1.165) is 56.8 Å². The molecule has 7 heteroatoms. The van der Waals surface area contributed by atoms with E-state index in [0.29, 0.717) is 16.8 Å². The number of benzene rings is 2. The Balaban J connectivity index is 1.45. The minimum Gasteiger partial charge on any atom is -0.495 e. The molecule has 1 aliphatic rings. The second-order valence-corrected chi connectivity index (χ2v) is 11.5. The first-order chi connectivity index (χ1) is 18.9. The molecule has 4 aromatic rings. The summed E-state index contributed by atoms with van der Waals surface area (Å²) in [5.74, 6) is 7.99. The molecule has 39 heavy (non-hydrogen) atoms. The van der Waals surface area contributed by atoms with Crippen LogP contribution in [0.25, 0.3) is 10.8 Å². The Morgan fingerprint density at radius 1 is 1.05 bits per heavy atom. The van der Waals surface area contributed by atoms with Gasteiger partial charge in [-0.25, -0.2) is 9.97 Å². The van der Waals surface area contributed by atoms with E-state index in [-0.39, 0.29) is 5.91 Å². The number of hydrogen-bond acceptors (Lipinski definition) is 6. The quantitative estimate of drug-likeness (QED) is 0.191. The van der Waals surface area contributed by atoms with Gasteiger partial charge >= 0.3 is 0 Å². The molecule has 0 aliphatic carbocycles. The van der Waals surface area contributed by atoms with Gasteiger partial charge in [-0.3, -0.25) is 4.79 Å². The normalized spacial score (nSPS) is 13.5. The molecule has 0 bridgehead atoms. The van der Waals surface area contributed by atoms with Crippen LogP contribution in [0.3, 0.4) is 0 Å². The second-order valence-electron chi connectivity index (χ2n) is 9.86. The van der Waals surface area contributed by atoms with E-state index >= 15 is 0 Å². The molecular formula is C32H32N4O2S. The zero-order valence-electron chi connectivity index (χ0n) is 22.9. The highest BCUT2D eigenvalue weighted by Gasteiger charge is 2.43. The van der Waals surface area contributed by atoms with Crippen LogP contribution in [0.1, 0.15) is 57.4 Å². The molecular weight excluding hydrogens is 504 g/mol. The van der Waals surface area contributed by atoms with Crippen molar-refractivity contribution in [3.8, 4) is 17.6 Å². The molecule has 2 aromatic carbocycles. The number of carbonyl (C=O) groups excluding carboxylic acids is 1. The topological polar surface area (TPSA) is 76.1 Å². The van der Waals surface area contributed by atoms with Crippen LogP contribution < -0.4 is 15.4 Å². The van der Waals surface area contributed by atoms with Gasteiger partial charge in [-0.15, -0.1) is 11.8 Å². The SMILES string of the molecule is CCC1(CC)C(=O)Nc2cc(C#Cc3nccc4cnc(Nc5ccc(SC(C)C)cc5OC)cc34)ccc21. The molecule has 0 fully saturated rings. The van der Waals surface area contributed by atoms with Crippen molar-refractivity contribution in [3.63, 3.8) is 0 Å². The Hall–Kier alpha value is -4.02. The third-order valence-corrected chi connectivity index (χ3v) is 8.20. The van der Waals surface area contributed by atoms with Crippen LogP contribution in [0.4, 0.5) is 17.2 Å². The standard InChI is InChI=1S/C32H32N4O2S/c1-6-32(7-2)25-11-8-21(16-28(25)36-31(32)37)9-12-26-24-18-30(34-19-22(24)14-15-33-26)35-27-13-10-23(39-20(3)4)17-29(27)38-5/h8,10-11,13-20H,6-7H2,1-5H3,(H,34,35)(H,36,37). The molecule has 1 aliphatic heterocycles. The zero-order chi connectivity index (χ0) is 27.6. The van der Waals surface area contributed by atoms with Crippen molar-refractivity contribution < 1.29 is 9.53 Å². The Bertz CT molecular complexity index is 1620. The fraction of sp³-hybridized carbons (Fsp3) is 0.281. The number of hydrogen-bond donors (Lipinski definition) is 2. The number of nitrogens with one attached hydrogen (secondary N) is 2.